The summed E-state index contributed by atoms with van der Waals surface area (Å²) in [5.74, 6) is -2.31. The molecule has 0 saturated heterocycles. The van der Waals surface area contributed by atoms with Crippen molar-refractivity contribution < 1.29 is 42.5 Å². The molecule has 3 atom stereocenters. The van der Waals surface area contributed by atoms with Crippen molar-refractivity contribution in [2.24, 2.45) is 11.3 Å². The standard InChI is InChI=1S/C29H38F3N3O6/c1-16-11-20-19(22(36)12-16)14-21(17-9-8-10-18(13-17)29(30,31)32)35(34-20)24(39)28(15-23(37)38,26(2,3)4)33-25(40)41-27(5,6)7/h8-10,13-14,16,22,34,36H,11-12,15H2,1-7H3,(H,33,40)(H,37,38)/t16?,22?,28-/m0/s1. The highest BCUT2D eigenvalue weighted by Crippen LogP contribution is 2.41. The molecule has 0 fully saturated rings. The zero-order valence-corrected chi connectivity index (χ0v) is 24.3. The molecule has 1 aliphatic heterocycles. The van der Waals surface area contributed by atoms with E-state index in [4.69, 9.17) is 4.74 Å². The number of rotatable bonds is 5. The molecule has 1 aromatic carbocycles. The average molecular weight is 582 g/mol. The van der Waals surface area contributed by atoms with Crippen LogP contribution in [0.1, 0.15) is 78.9 Å². The number of nitrogens with one attached hydrogen (secondary N) is 2. The van der Waals surface area contributed by atoms with E-state index in [2.05, 4.69) is 10.7 Å². The van der Waals surface area contributed by atoms with Gasteiger partial charge in [0.05, 0.1) is 23.8 Å². The number of aliphatic hydroxyl groups is 1. The third-order valence-electron chi connectivity index (χ3n) is 7.13. The van der Waals surface area contributed by atoms with E-state index in [0.717, 1.165) is 17.1 Å². The van der Waals surface area contributed by atoms with Crippen LogP contribution in [-0.2, 0) is 20.5 Å². The number of carbonyl (C=O) groups is 3. The fraction of sp³-hybridized carbons (Fsp3) is 0.552. The van der Waals surface area contributed by atoms with Gasteiger partial charge >= 0.3 is 18.2 Å². The van der Waals surface area contributed by atoms with E-state index >= 15 is 0 Å². The number of carboxylic acids is 1. The van der Waals surface area contributed by atoms with E-state index in [1.54, 1.807) is 41.5 Å². The minimum Gasteiger partial charge on any atom is -0.481 e. The van der Waals surface area contributed by atoms with Gasteiger partial charge in [-0.3, -0.25) is 15.0 Å². The summed E-state index contributed by atoms with van der Waals surface area (Å²) in [5.41, 5.74) is -1.48. The Morgan fingerprint density at radius 3 is 2.29 bits per heavy atom. The molecular formula is C29H38F3N3O6. The van der Waals surface area contributed by atoms with Crippen LogP contribution in [0.3, 0.4) is 0 Å². The molecule has 4 N–H and O–H groups in total. The van der Waals surface area contributed by atoms with Gasteiger partial charge in [-0.25, -0.2) is 9.80 Å². The lowest BCUT2D eigenvalue weighted by Crippen LogP contribution is -2.69. The van der Waals surface area contributed by atoms with Crippen LogP contribution in [0.25, 0.3) is 5.70 Å². The molecule has 1 heterocycles. The highest BCUT2D eigenvalue weighted by Gasteiger charge is 2.55. The zero-order valence-electron chi connectivity index (χ0n) is 24.3. The van der Waals surface area contributed by atoms with Gasteiger partial charge in [-0.05, 0) is 63.2 Å². The molecule has 0 bridgehead atoms. The largest absolute Gasteiger partial charge is 0.481 e. The summed E-state index contributed by atoms with van der Waals surface area (Å²) >= 11 is 0. The summed E-state index contributed by atoms with van der Waals surface area (Å²) < 4.78 is 46.3. The number of benzene rings is 1. The van der Waals surface area contributed by atoms with Crippen LogP contribution in [0.4, 0.5) is 18.0 Å². The topological polar surface area (TPSA) is 128 Å². The Morgan fingerprint density at radius 1 is 1.12 bits per heavy atom. The third kappa shape index (κ3) is 7.03. The van der Waals surface area contributed by atoms with Gasteiger partial charge in [0.25, 0.3) is 5.91 Å². The Bertz CT molecular complexity index is 1280. The Labute approximate surface area is 237 Å². The van der Waals surface area contributed by atoms with E-state index in [-0.39, 0.29) is 17.2 Å². The lowest BCUT2D eigenvalue weighted by Gasteiger charge is -2.47. The first-order valence-electron chi connectivity index (χ1n) is 13.3. The monoisotopic (exact) mass is 581 g/mol. The molecule has 2 unspecified atom stereocenters. The van der Waals surface area contributed by atoms with Gasteiger partial charge in [-0.1, -0.05) is 39.8 Å². The predicted molar refractivity (Wildman–Crippen MR) is 145 cm³/mol. The van der Waals surface area contributed by atoms with E-state index in [0.29, 0.717) is 24.1 Å². The lowest BCUT2D eigenvalue weighted by molar-refractivity contribution is -0.151. The van der Waals surface area contributed by atoms with Gasteiger partial charge in [-0.2, -0.15) is 13.2 Å². The Balaban J connectivity index is 2.24. The molecule has 1 aliphatic carbocycles. The van der Waals surface area contributed by atoms with Crippen molar-refractivity contribution in [2.75, 3.05) is 0 Å². The molecule has 0 aromatic heterocycles. The maximum atomic E-state index is 14.6. The van der Waals surface area contributed by atoms with Crippen molar-refractivity contribution in [3.63, 3.8) is 0 Å². The Kier molecular flexibility index (Phi) is 8.61. The number of hydrogen-bond donors (Lipinski definition) is 4. The minimum absolute atomic E-state index is 0.00607. The van der Waals surface area contributed by atoms with Crippen molar-refractivity contribution in [3.8, 4) is 0 Å². The number of aliphatic carboxylic acids is 1. The van der Waals surface area contributed by atoms with E-state index in [1.165, 1.54) is 18.2 Å². The number of carboxylic acid groups (broad SMARTS) is 1. The molecule has 2 aliphatic rings. The van der Waals surface area contributed by atoms with Crippen LogP contribution in [0, 0.1) is 11.3 Å². The molecule has 0 radical (unpaired) electrons. The summed E-state index contributed by atoms with van der Waals surface area (Å²) in [6.45, 7) is 11.4. The fourth-order valence-electron chi connectivity index (χ4n) is 5.03. The smallest absolute Gasteiger partial charge is 0.416 e. The molecule has 1 aromatic rings. The molecular weight excluding hydrogens is 543 g/mol. The first-order valence-corrected chi connectivity index (χ1v) is 13.3. The summed E-state index contributed by atoms with van der Waals surface area (Å²) in [7, 11) is 0. The van der Waals surface area contributed by atoms with Gasteiger partial charge in [0.2, 0.25) is 0 Å². The van der Waals surface area contributed by atoms with Crippen LogP contribution < -0.4 is 10.7 Å². The second-order valence-electron chi connectivity index (χ2n) is 12.7. The number of allylic oxidation sites excluding steroid dienone is 1. The quantitative estimate of drug-likeness (QED) is 0.375. The van der Waals surface area contributed by atoms with Gasteiger partial charge < -0.3 is 20.3 Å². The Morgan fingerprint density at radius 2 is 1.76 bits per heavy atom. The summed E-state index contributed by atoms with van der Waals surface area (Å²) in [6.07, 6.45) is -5.23. The van der Waals surface area contributed by atoms with Crippen LogP contribution in [0.2, 0.25) is 0 Å². The molecule has 12 heteroatoms. The summed E-state index contributed by atoms with van der Waals surface area (Å²) in [5, 5.41) is 24.2. The average Bonchev–Trinajstić information content (AvgIpc) is 2.79. The molecule has 0 saturated carbocycles. The molecule has 41 heavy (non-hydrogen) atoms. The number of nitrogens with zero attached hydrogens (tertiary/aromatic N) is 1. The van der Waals surface area contributed by atoms with E-state index in [9.17, 15) is 37.8 Å². The number of alkyl halides is 3. The van der Waals surface area contributed by atoms with Crippen LogP contribution >= 0.6 is 0 Å². The van der Waals surface area contributed by atoms with Gasteiger partial charge in [0.1, 0.15) is 11.1 Å². The van der Waals surface area contributed by atoms with E-state index < -0.39 is 58.8 Å². The fourth-order valence-corrected chi connectivity index (χ4v) is 5.03. The highest BCUT2D eigenvalue weighted by molar-refractivity contribution is 5.99. The van der Waals surface area contributed by atoms with Crippen LogP contribution in [0.15, 0.2) is 41.6 Å². The number of amides is 2. The highest BCUT2D eigenvalue weighted by atomic mass is 19.4. The van der Waals surface area contributed by atoms with Gasteiger partial charge in [0, 0.05) is 16.8 Å². The van der Waals surface area contributed by atoms with Crippen molar-refractivity contribution in [1.82, 2.24) is 15.8 Å². The normalized spacial score (nSPS) is 21.2. The first-order chi connectivity index (χ1) is 18.6. The van der Waals surface area contributed by atoms with Crippen molar-refractivity contribution in [3.05, 3.63) is 52.7 Å². The Hall–Kier alpha value is -3.54. The predicted octanol–water partition coefficient (Wildman–Crippen LogP) is 5.22. The number of hydrazine groups is 1. The number of alkyl carbamates (subject to hydrolysis) is 1. The molecule has 9 nitrogen and oxygen atoms in total. The summed E-state index contributed by atoms with van der Waals surface area (Å²) in [6, 6.07) is 4.33. The van der Waals surface area contributed by atoms with Crippen LogP contribution in [0.5, 0.6) is 0 Å². The van der Waals surface area contributed by atoms with Gasteiger partial charge in [-0.15, -0.1) is 0 Å². The lowest BCUT2D eigenvalue weighted by atomic mass is 9.70. The number of halogens is 3. The van der Waals surface area contributed by atoms with Gasteiger partial charge in [0.15, 0.2) is 0 Å². The summed E-state index contributed by atoms with van der Waals surface area (Å²) in [4.78, 5) is 39.8. The number of ether oxygens (including phenoxy) is 1. The number of carbonyl (C=O) groups excluding carboxylic acids is 2. The maximum Gasteiger partial charge on any atom is 0.416 e. The third-order valence-corrected chi connectivity index (χ3v) is 7.13. The molecule has 226 valence electrons. The number of hydrogen-bond acceptors (Lipinski definition) is 6. The molecule has 2 amide bonds. The minimum atomic E-state index is -4.67. The van der Waals surface area contributed by atoms with E-state index in [1.807, 2.05) is 6.92 Å². The van der Waals surface area contributed by atoms with Crippen molar-refractivity contribution in [2.45, 2.75) is 91.1 Å². The first kappa shape index (κ1) is 32.0. The number of aliphatic hydroxyl groups excluding tert-OH is 1. The van der Waals surface area contributed by atoms with Crippen LogP contribution in [-0.4, -0.2) is 50.4 Å². The second-order valence-corrected chi connectivity index (χ2v) is 12.7. The molecule has 3 rings (SSSR count). The van der Waals surface area contributed by atoms with Crippen molar-refractivity contribution in [1.29, 1.82) is 0 Å². The SMILES string of the molecule is CC1CC2=C(C=C(c3cccc(C(F)(F)F)c3)N(C(=O)[C@](CC(=O)O)(NC(=O)OC(C)(C)C)C(C)(C)C)N2)C(O)C1. The zero-order chi connectivity index (χ0) is 31.1. The second kappa shape index (κ2) is 11.0. The molecule has 0 spiro atoms. The maximum absolute atomic E-state index is 14.6. The van der Waals surface area contributed by atoms with Crippen molar-refractivity contribution >= 4 is 23.7 Å².